The lowest BCUT2D eigenvalue weighted by molar-refractivity contribution is 0.678. The second-order valence-electron chi connectivity index (χ2n) is 3.95. The van der Waals surface area contributed by atoms with E-state index in [0.29, 0.717) is 0 Å². The van der Waals surface area contributed by atoms with Crippen LogP contribution in [-0.4, -0.2) is 11.1 Å². The minimum Gasteiger partial charge on any atom is -0.351 e. The summed E-state index contributed by atoms with van der Waals surface area (Å²) in [6, 6.07) is 8.69. The Bertz CT molecular complexity index is 443. The van der Waals surface area contributed by atoms with Crippen LogP contribution in [0.25, 0.3) is 10.9 Å². The van der Waals surface area contributed by atoms with Gasteiger partial charge >= 0.3 is 0 Å². The van der Waals surface area contributed by atoms with Gasteiger partial charge in [-0.2, -0.15) is 0 Å². The van der Waals surface area contributed by atoms with Crippen molar-refractivity contribution in [1.82, 2.24) is 9.88 Å². The number of hydrogen-bond donors (Lipinski definition) is 1. The first kappa shape index (κ1) is 10.2. The number of benzene rings is 1. The van der Waals surface area contributed by atoms with Gasteiger partial charge < -0.3 is 9.88 Å². The largest absolute Gasteiger partial charge is 0.351 e. The second-order valence-corrected chi connectivity index (χ2v) is 3.95. The predicted molar refractivity (Wildman–Crippen MR) is 64.9 cm³/mol. The van der Waals surface area contributed by atoms with Crippen molar-refractivity contribution in [3.05, 3.63) is 36.0 Å². The summed E-state index contributed by atoms with van der Waals surface area (Å²) < 4.78 is 2.17. The number of rotatable bonds is 4. The molecular formula is C13H18N2. The van der Waals surface area contributed by atoms with Crippen molar-refractivity contribution in [2.24, 2.45) is 7.05 Å². The van der Waals surface area contributed by atoms with Gasteiger partial charge in [0.15, 0.2) is 0 Å². The van der Waals surface area contributed by atoms with E-state index < -0.39 is 0 Å². The van der Waals surface area contributed by atoms with Crippen LogP contribution in [0, 0.1) is 0 Å². The molecule has 0 spiro atoms. The highest BCUT2D eigenvalue weighted by molar-refractivity contribution is 5.83. The molecule has 1 aromatic heterocycles. The van der Waals surface area contributed by atoms with Crippen LogP contribution in [0.1, 0.15) is 18.9 Å². The number of nitrogens with zero attached hydrogens (tertiary/aromatic N) is 1. The van der Waals surface area contributed by atoms with E-state index in [1.165, 1.54) is 22.9 Å². The van der Waals surface area contributed by atoms with Crippen molar-refractivity contribution in [3.8, 4) is 0 Å². The van der Waals surface area contributed by atoms with E-state index in [2.05, 4.69) is 54.3 Å². The molecule has 2 nitrogen and oxygen atoms in total. The van der Waals surface area contributed by atoms with E-state index in [0.717, 1.165) is 13.1 Å². The predicted octanol–water partition coefficient (Wildman–Crippen LogP) is 2.68. The molecule has 0 saturated carbocycles. The lowest BCUT2D eigenvalue weighted by Crippen LogP contribution is -2.13. The normalized spacial score (nSPS) is 11.1. The zero-order chi connectivity index (χ0) is 10.7. The minimum absolute atomic E-state index is 0.967. The molecule has 0 unspecified atom stereocenters. The molecular weight excluding hydrogens is 184 g/mol. The van der Waals surface area contributed by atoms with Gasteiger partial charge in [0.25, 0.3) is 0 Å². The molecule has 0 aliphatic carbocycles. The number of hydrogen-bond acceptors (Lipinski definition) is 1. The fraction of sp³-hybridized carbons (Fsp3) is 0.385. The monoisotopic (exact) mass is 202 g/mol. The molecule has 0 aliphatic heterocycles. The van der Waals surface area contributed by atoms with Crippen LogP contribution in [0.2, 0.25) is 0 Å². The summed E-state index contributed by atoms with van der Waals surface area (Å²) >= 11 is 0. The zero-order valence-corrected chi connectivity index (χ0v) is 9.46. The van der Waals surface area contributed by atoms with E-state index in [1.54, 1.807) is 0 Å². The van der Waals surface area contributed by atoms with Crippen molar-refractivity contribution in [2.75, 3.05) is 6.54 Å². The standard InChI is InChI=1S/C13H18N2/c1-3-8-14-10-11-5-4-6-13-12(11)7-9-15(13)2/h4-7,9,14H,3,8,10H2,1-2H3. The quantitative estimate of drug-likeness (QED) is 0.754. The van der Waals surface area contributed by atoms with Gasteiger partial charge in [0.05, 0.1) is 0 Å². The summed E-state index contributed by atoms with van der Waals surface area (Å²) in [6.45, 7) is 4.24. The number of aryl methyl sites for hydroxylation is 1. The molecule has 1 N–H and O–H groups in total. The van der Waals surface area contributed by atoms with Gasteiger partial charge in [-0.25, -0.2) is 0 Å². The molecule has 0 radical (unpaired) electrons. The van der Waals surface area contributed by atoms with E-state index in [1.807, 2.05) is 0 Å². The molecule has 15 heavy (non-hydrogen) atoms. The Labute approximate surface area is 90.9 Å². The highest BCUT2D eigenvalue weighted by Crippen LogP contribution is 2.19. The summed E-state index contributed by atoms with van der Waals surface area (Å²) in [6.07, 6.45) is 3.30. The van der Waals surface area contributed by atoms with E-state index >= 15 is 0 Å². The third-order valence-corrected chi connectivity index (χ3v) is 2.76. The lowest BCUT2D eigenvalue weighted by Gasteiger charge is -2.05. The minimum atomic E-state index is 0.967. The fourth-order valence-electron chi connectivity index (χ4n) is 1.92. The molecule has 2 heteroatoms. The summed E-state index contributed by atoms with van der Waals surface area (Å²) in [5.74, 6) is 0. The third kappa shape index (κ3) is 2.05. The highest BCUT2D eigenvalue weighted by atomic mass is 14.9. The van der Waals surface area contributed by atoms with Gasteiger partial charge in [-0.15, -0.1) is 0 Å². The second kappa shape index (κ2) is 4.49. The first-order chi connectivity index (χ1) is 7.33. The molecule has 1 aromatic carbocycles. The Hall–Kier alpha value is -1.28. The van der Waals surface area contributed by atoms with Gasteiger partial charge in [0, 0.05) is 30.7 Å². The Kier molecular flexibility index (Phi) is 3.07. The zero-order valence-electron chi connectivity index (χ0n) is 9.46. The Morgan fingerprint density at radius 3 is 2.93 bits per heavy atom. The summed E-state index contributed by atoms with van der Waals surface area (Å²) in [5, 5.41) is 4.81. The first-order valence-corrected chi connectivity index (χ1v) is 5.56. The van der Waals surface area contributed by atoms with Crippen molar-refractivity contribution < 1.29 is 0 Å². The van der Waals surface area contributed by atoms with Crippen molar-refractivity contribution in [1.29, 1.82) is 0 Å². The molecule has 80 valence electrons. The van der Waals surface area contributed by atoms with Crippen LogP contribution in [-0.2, 0) is 13.6 Å². The highest BCUT2D eigenvalue weighted by Gasteiger charge is 2.02. The number of aromatic nitrogens is 1. The van der Waals surface area contributed by atoms with Gasteiger partial charge in [-0.1, -0.05) is 19.1 Å². The van der Waals surface area contributed by atoms with Crippen LogP contribution in [0.3, 0.4) is 0 Å². The molecule has 0 atom stereocenters. The SMILES string of the molecule is CCCNCc1cccc2c1ccn2C. The Morgan fingerprint density at radius 1 is 1.27 bits per heavy atom. The third-order valence-electron chi connectivity index (χ3n) is 2.76. The molecule has 1 heterocycles. The van der Waals surface area contributed by atoms with Crippen molar-refractivity contribution in [2.45, 2.75) is 19.9 Å². The summed E-state index contributed by atoms with van der Waals surface area (Å²) in [5.41, 5.74) is 2.70. The smallest absolute Gasteiger partial charge is 0.0480 e. The van der Waals surface area contributed by atoms with Crippen LogP contribution >= 0.6 is 0 Å². The van der Waals surface area contributed by atoms with E-state index in [9.17, 15) is 0 Å². The average Bonchev–Trinajstić information content (AvgIpc) is 2.62. The van der Waals surface area contributed by atoms with Gasteiger partial charge in [0.2, 0.25) is 0 Å². The van der Waals surface area contributed by atoms with Gasteiger partial charge in [0.1, 0.15) is 0 Å². The Balaban J connectivity index is 2.26. The molecule has 0 amide bonds. The molecule has 0 fully saturated rings. The van der Waals surface area contributed by atoms with Gasteiger partial charge in [-0.05, 0) is 30.7 Å². The topological polar surface area (TPSA) is 17.0 Å². The maximum atomic E-state index is 3.44. The number of nitrogens with one attached hydrogen (secondary N) is 1. The van der Waals surface area contributed by atoms with Crippen LogP contribution in [0.15, 0.2) is 30.5 Å². The van der Waals surface area contributed by atoms with Crippen LogP contribution in [0.4, 0.5) is 0 Å². The molecule has 0 bridgehead atoms. The lowest BCUT2D eigenvalue weighted by atomic mass is 10.1. The maximum Gasteiger partial charge on any atom is 0.0480 e. The van der Waals surface area contributed by atoms with Crippen molar-refractivity contribution in [3.63, 3.8) is 0 Å². The summed E-state index contributed by atoms with van der Waals surface area (Å²) in [7, 11) is 2.09. The molecule has 0 aliphatic rings. The van der Waals surface area contributed by atoms with E-state index in [4.69, 9.17) is 0 Å². The van der Waals surface area contributed by atoms with Crippen LogP contribution < -0.4 is 5.32 Å². The fourth-order valence-corrected chi connectivity index (χ4v) is 1.92. The maximum absolute atomic E-state index is 3.44. The Morgan fingerprint density at radius 2 is 2.13 bits per heavy atom. The summed E-state index contributed by atoms with van der Waals surface area (Å²) in [4.78, 5) is 0. The molecule has 0 saturated heterocycles. The molecule has 2 rings (SSSR count). The number of fused-ring (bicyclic) bond motifs is 1. The van der Waals surface area contributed by atoms with Crippen LogP contribution in [0.5, 0.6) is 0 Å². The van der Waals surface area contributed by atoms with E-state index in [-0.39, 0.29) is 0 Å². The molecule has 2 aromatic rings. The van der Waals surface area contributed by atoms with Crippen molar-refractivity contribution >= 4 is 10.9 Å². The van der Waals surface area contributed by atoms with Gasteiger partial charge in [-0.3, -0.25) is 0 Å². The first-order valence-electron chi connectivity index (χ1n) is 5.56. The average molecular weight is 202 g/mol.